The van der Waals surface area contributed by atoms with Crippen molar-refractivity contribution >= 4 is 10.9 Å². The molecule has 0 bridgehead atoms. The Balaban J connectivity index is 1.66. The van der Waals surface area contributed by atoms with Crippen molar-refractivity contribution in [3.63, 3.8) is 0 Å². The highest BCUT2D eigenvalue weighted by atomic mass is 16.6. The molecule has 0 saturated carbocycles. The fourth-order valence-electron chi connectivity index (χ4n) is 3.50. The molecule has 2 aromatic carbocycles. The van der Waals surface area contributed by atoms with Gasteiger partial charge in [-0.25, -0.2) is 0 Å². The molecule has 1 atom stereocenters. The van der Waals surface area contributed by atoms with E-state index >= 15 is 0 Å². The van der Waals surface area contributed by atoms with Gasteiger partial charge in [0, 0.05) is 30.1 Å². The van der Waals surface area contributed by atoms with Gasteiger partial charge in [0.2, 0.25) is 0 Å². The molecule has 1 aromatic heterocycles. The number of para-hydroxylation sites is 1. The molecule has 0 radical (unpaired) electrons. The Labute approximate surface area is 141 Å². The third kappa shape index (κ3) is 2.63. The van der Waals surface area contributed by atoms with E-state index in [1.807, 2.05) is 6.07 Å². The molecule has 4 nitrogen and oxygen atoms in total. The molecule has 0 saturated heterocycles. The van der Waals surface area contributed by atoms with E-state index in [1.165, 1.54) is 22.0 Å². The summed E-state index contributed by atoms with van der Waals surface area (Å²) in [5.74, 6) is 1.91. The third-order valence-electron chi connectivity index (χ3n) is 4.77. The van der Waals surface area contributed by atoms with Gasteiger partial charge in [0.05, 0.1) is 0 Å². The average molecular weight is 322 g/mol. The van der Waals surface area contributed by atoms with Crippen molar-refractivity contribution < 1.29 is 9.47 Å². The molecule has 3 aromatic rings. The number of hydrogen-bond acceptors (Lipinski definition) is 3. The second-order valence-corrected chi connectivity index (χ2v) is 6.32. The molecular weight excluding hydrogens is 300 g/mol. The molecule has 2 heterocycles. The maximum atomic E-state index is 6.10. The summed E-state index contributed by atoms with van der Waals surface area (Å²) in [7, 11) is 2.09. The largest absolute Gasteiger partial charge is 0.486 e. The van der Waals surface area contributed by atoms with Crippen molar-refractivity contribution in [3.05, 3.63) is 59.8 Å². The zero-order valence-corrected chi connectivity index (χ0v) is 13.9. The number of aromatic nitrogens is 1. The van der Waals surface area contributed by atoms with Crippen LogP contribution in [0.25, 0.3) is 10.9 Å². The molecule has 4 rings (SSSR count). The summed E-state index contributed by atoms with van der Waals surface area (Å²) in [6.45, 7) is 1.82. The minimum atomic E-state index is 0.256. The predicted octanol–water partition coefficient (Wildman–Crippen LogP) is 3.23. The monoisotopic (exact) mass is 322 g/mol. The first-order chi connectivity index (χ1) is 11.8. The molecule has 124 valence electrons. The number of fused-ring (bicyclic) bond motifs is 2. The maximum absolute atomic E-state index is 6.10. The van der Waals surface area contributed by atoms with Crippen molar-refractivity contribution in [3.8, 4) is 11.5 Å². The lowest BCUT2D eigenvalue weighted by Crippen LogP contribution is -2.18. The van der Waals surface area contributed by atoms with E-state index in [-0.39, 0.29) is 5.92 Å². The molecular formula is C20H22N2O2. The van der Waals surface area contributed by atoms with Crippen LogP contribution in [-0.2, 0) is 13.5 Å². The number of nitrogens with two attached hydrogens (primary N) is 1. The molecule has 0 aliphatic carbocycles. The Morgan fingerprint density at radius 1 is 1.08 bits per heavy atom. The van der Waals surface area contributed by atoms with E-state index < -0.39 is 0 Å². The normalized spacial score (nSPS) is 14.8. The molecule has 0 fully saturated rings. The predicted molar refractivity (Wildman–Crippen MR) is 95.9 cm³/mol. The number of rotatable bonds is 4. The first kappa shape index (κ1) is 15.1. The van der Waals surface area contributed by atoms with Crippen LogP contribution in [0.4, 0.5) is 0 Å². The van der Waals surface area contributed by atoms with Gasteiger partial charge in [-0.3, -0.25) is 0 Å². The number of hydrogen-bond donors (Lipinski definition) is 1. The van der Waals surface area contributed by atoms with E-state index in [0.717, 1.165) is 17.9 Å². The summed E-state index contributed by atoms with van der Waals surface area (Å²) in [5.41, 5.74) is 9.89. The first-order valence-corrected chi connectivity index (χ1v) is 8.39. The van der Waals surface area contributed by atoms with Gasteiger partial charge in [-0.15, -0.1) is 0 Å². The van der Waals surface area contributed by atoms with Crippen LogP contribution in [0.5, 0.6) is 11.5 Å². The fraction of sp³-hybridized carbons (Fsp3) is 0.300. The smallest absolute Gasteiger partial charge is 0.161 e. The standard InChI is InChI=1S/C20H22N2O2/c1-22-13-16(17-4-2-3-5-18(17)22)10-15(12-21)14-6-7-19-20(11-14)24-9-8-23-19/h2-7,11,13,15H,8-10,12,21H2,1H3. The van der Waals surface area contributed by atoms with Crippen LogP contribution in [0.1, 0.15) is 17.0 Å². The van der Waals surface area contributed by atoms with Crippen LogP contribution in [0, 0.1) is 0 Å². The summed E-state index contributed by atoms with van der Waals surface area (Å²) in [6, 6.07) is 14.7. The summed E-state index contributed by atoms with van der Waals surface area (Å²) in [4.78, 5) is 0. The summed E-state index contributed by atoms with van der Waals surface area (Å²) in [5, 5.41) is 1.30. The zero-order valence-electron chi connectivity index (χ0n) is 13.9. The highest BCUT2D eigenvalue weighted by Crippen LogP contribution is 2.34. The first-order valence-electron chi connectivity index (χ1n) is 8.39. The molecule has 1 aliphatic heterocycles. The molecule has 4 heteroatoms. The molecule has 2 N–H and O–H groups in total. The highest BCUT2D eigenvalue weighted by Gasteiger charge is 2.18. The van der Waals surface area contributed by atoms with Crippen LogP contribution in [0.3, 0.4) is 0 Å². The van der Waals surface area contributed by atoms with Crippen LogP contribution in [0.15, 0.2) is 48.7 Å². The van der Waals surface area contributed by atoms with Crippen molar-refractivity contribution in [2.45, 2.75) is 12.3 Å². The Kier molecular flexibility index (Phi) is 3.90. The summed E-state index contributed by atoms with van der Waals surface area (Å²) < 4.78 is 13.5. The Hall–Kier alpha value is -2.46. The molecule has 1 aliphatic rings. The summed E-state index contributed by atoms with van der Waals surface area (Å²) in [6.07, 6.45) is 3.13. The second-order valence-electron chi connectivity index (χ2n) is 6.32. The Morgan fingerprint density at radius 3 is 2.71 bits per heavy atom. The number of aryl methyl sites for hydroxylation is 1. The fourth-order valence-corrected chi connectivity index (χ4v) is 3.50. The minimum absolute atomic E-state index is 0.256. The van der Waals surface area contributed by atoms with Crippen LogP contribution >= 0.6 is 0 Å². The van der Waals surface area contributed by atoms with E-state index in [2.05, 4.69) is 54.2 Å². The van der Waals surface area contributed by atoms with Gasteiger partial charge in [0.15, 0.2) is 11.5 Å². The number of benzene rings is 2. The number of ether oxygens (including phenoxy) is 2. The van der Waals surface area contributed by atoms with E-state index in [4.69, 9.17) is 15.2 Å². The van der Waals surface area contributed by atoms with Crippen molar-refractivity contribution in [2.75, 3.05) is 19.8 Å². The zero-order chi connectivity index (χ0) is 16.5. The maximum Gasteiger partial charge on any atom is 0.161 e. The second kappa shape index (κ2) is 6.21. The number of nitrogens with zero attached hydrogens (tertiary/aromatic N) is 1. The lowest BCUT2D eigenvalue weighted by Gasteiger charge is -2.21. The topological polar surface area (TPSA) is 49.4 Å². The SMILES string of the molecule is Cn1cc(CC(CN)c2ccc3c(c2)OCCO3)c2ccccc21. The minimum Gasteiger partial charge on any atom is -0.486 e. The quantitative estimate of drug-likeness (QED) is 0.802. The summed E-state index contributed by atoms with van der Waals surface area (Å²) >= 11 is 0. The van der Waals surface area contributed by atoms with E-state index in [9.17, 15) is 0 Å². The van der Waals surface area contributed by atoms with Gasteiger partial charge in [-0.1, -0.05) is 24.3 Å². The highest BCUT2D eigenvalue weighted by molar-refractivity contribution is 5.84. The van der Waals surface area contributed by atoms with E-state index in [0.29, 0.717) is 19.8 Å². The van der Waals surface area contributed by atoms with Gasteiger partial charge in [0.25, 0.3) is 0 Å². The van der Waals surface area contributed by atoms with Gasteiger partial charge in [-0.05, 0) is 42.3 Å². The lowest BCUT2D eigenvalue weighted by molar-refractivity contribution is 0.171. The Morgan fingerprint density at radius 2 is 1.88 bits per heavy atom. The van der Waals surface area contributed by atoms with Gasteiger partial charge in [0.1, 0.15) is 13.2 Å². The van der Waals surface area contributed by atoms with Gasteiger partial charge >= 0.3 is 0 Å². The lowest BCUT2D eigenvalue weighted by atomic mass is 9.91. The van der Waals surface area contributed by atoms with Crippen LogP contribution < -0.4 is 15.2 Å². The van der Waals surface area contributed by atoms with E-state index in [1.54, 1.807) is 0 Å². The average Bonchev–Trinajstić information content (AvgIpc) is 2.95. The van der Waals surface area contributed by atoms with Gasteiger partial charge < -0.3 is 19.8 Å². The van der Waals surface area contributed by atoms with Crippen molar-refractivity contribution in [1.29, 1.82) is 0 Å². The van der Waals surface area contributed by atoms with Crippen LogP contribution in [-0.4, -0.2) is 24.3 Å². The van der Waals surface area contributed by atoms with Gasteiger partial charge in [-0.2, -0.15) is 0 Å². The molecule has 0 amide bonds. The van der Waals surface area contributed by atoms with Crippen LogP contribution in [0.2, 0.25) is 0 Å². The molecule has 0 spiro atoms. The third-order valence-corrected chi connectivity index (χ3v) is 4.77. The van der Waals surface area contributed by atoms with Crippen molar-refractivity contribution in [1.82, 2.24) is 4.57 Å². The molecule has 24 heavy (non-hydrogen) atoms. The van der Waals surface area contributed by atoms with Crippen molar-refractivity contribution in [2.24, 2.45) is 12.8 Å². The Bertz CT molecular complexity index is 869. The molecule has 1 unspecified atom stereocenters.